The van der Waals surface area contributed by atoms with Gasteiger partial charge in [0.05, 0.1) is 0 Å². The second-order valence-corrected chi connectivity index (χ2v) is 3.00. The number of benzene rings is 1. The number of rotatable bonds is 1. The van der Waals surface area contributed by atoms with Crippen molar-refractivity contribution in [2.75, 3.05) is 0 Å². The summed E-state index contributed by atoms with van der Waals surface area (Å²) in [5.41, 5.74) is -0.877. The molecule has 0 fully saturated rings. The highest BCUT2D eigenvalue weighted by Gasteiger charge is 2.14. The van der Waals surface area contributed by atoms with Crippen LogP contribution >= 0.6 is 0 Å². The Morgan fingerprint density at radius 3 is 2.67 bits per heavy atom. The monoisotopic (exact) mass is 213 g/mol. The van der Waals surface area contributed by atoms with E-state index < -0.39 is 23.7 Å². The number of hydrogen-bond acceptors (Lipinski definition) is 2. The van der Waals surface area contributed by atoms with Crippen molar-refractivity contribution in [2.24, 2.45) is 0 Å². The molecule has 0 aliphatic carbocycles. The van der Waals surface area contributed by atoms with Gasteiger partial charge in [-0.15, -0.1) is 0 Å². The molecule has 2 aromatic rings. The Balaban J connectivity index is 2.80. The highest BCUT2D eigenvalue weighted by Crippen LogP contribution is 2.29. The topological polar surface area (TPSA) is 33.1 Å². The lowest BCUT2D eigenvalue weighted by atomic mass is 10.2. The van der Waals surface area contributed by atoms with Gasteiger partial charge in [-0.25, -0.2) is 18.2 Å². The molecule has 0 amide bonds. The van der Waals surface area contributed by atoms with Crippen LogP contribution in [0.2, 0.25) is 0 Å². The quantitative estimate of drug-likeness (QED) is 0.789. The molecule has 5 heteroatoms. The molecular weight excluding hydrogens is 207 g/mol. The smallest absolute Gasteiger partial charge is 0.280 e. The van der Waals surface area contributed by atoms with Gasteiger partial charge < -0.3 is 5.11 Å². The minimum absolute atomic E-state index is 0.124. The zero-order chi connectivity index (χ0) is 11.0. The Bertz CT molecular complexity index is 513. The fourth-order valence-electron chi connectivity index (χ4n) is 1.33. The molecule has 0 atom stereocenters. The van der Waals surface area contributed by atoms with Gasteiger partial charge in [-0.3, -0.25) is 0 Å². The molecule has 0 aliphatic rings. The van der Waals surface area contributed by atoms with Crippen molar-refractivity contribution in [1.82, 2.24) is 4.98 Å². The molecule has 0 bridgehead atoms. The largest absolute Gasteiger partial charge is 0.507 e. The van der Waals surface area contributed by atoms with Crippen LogP contribution in [-0.2, 0) is 0 Å². The first-order chi connectivity index (χ1) is 7.09. The first-order valence-electron chi connectivity index (χ1n) is 4.16. The van der Waals surface area contributed by atoms with E-state index in [1.807, 2.05) is 0 Å². The average Bonchev–Trinajstić information content (AvgIpc) is 2.19. The summed E-state index contributed by atoms with van der Waals surface area (Å²) in [6, 6.07) is 4.73. The van der Waals surface area contributed by atoms with Crippen LogP contribution in [0.25, 0.3) is 10.9 Å². The maximum absolute atomic E-state index is 13.2. The molecule has 1 aromatic heterocycles. The van der Waals surface area contributed by atoms with Crippen molar-refractivity contribution in [3.05, 3.63) is 35.8 Å². The van der Waals surface area contributed by atoms with E-state index in [4.69, 9.17) is 0 Å². The zero-order valence-electron chi connectivity index (χ0n) is 7.42. The predicted octanol–water partition coefficient (Wildman–Crippen LogP) is 3.02. The van der Waals surface area contributed by atoms with Gasteiger partial charge in [0.15, 0.2) is 0 Å². The van der Waals surface area contributed by atoms with Crippen LogP contribution in [0.15, 0.2) is 24.3 Å². The number of fused-ring (bicyclic) bond motifs is 1. The SMILES string of the molecule is Oc1cc(C(F)F)nc2c(F)cccc12. The van der Waals surface area contributed by atoms with Crippen molar-refractivity contribution in [2.45, 2.75) is 6.43 Å². The highest BCUT2D eigenvalue weighted by molar-refractivity contribution is 5.85. The highest BCUT2D eigenvalue weighted by atomic mass is 19.3. The molecule has 78 valence electrons. The number of halogens is 3. The first-order valence-corrected chi connectivity index (χ1v) is 4.16. The van der Waals surface area contributed by atoms with Crippen LogP contribution in [0.1, 0.15) is 12.1 Å². The fraction of sp³-hybridized carbons (Fsp3) is 0.100. The Hall–Kier alpha value is -1.78. The van der Waals surface area contributed by atoms with E-state index in [0.717, 1.165) is 12.1 Å². The number of pyridine rings is 1. The third kappa shape index (κ3) is 1.60. The third-order valence-corrected chi connectivity index (χ3v) is 2.01. The Kier molecular flexibility index (Phi) is 2.22. The molecule has 0 saturated carbocycles. The lowest BCUT2D eigenvalue weighted by molar-refractivity contribution is 0.146. The number of aromatic nitrogens is 1. The van der Waals surface area contributed by atoms with Crippen molar-refractivity contribution < 1.29 is 18.3 Å². The van der Waals surface area contributed by atoms with Crippen LogP contribution in [-0.4, -0.2) is 10.1 Å². The number of para-hydroxylation sites is 1. The second-order valence-electron chi connectivity index (χ2n) is 3.00. The number of aromatic hydroxyl groups is 1. The van der Waals surface area contributed by atoms with Crippen molar-refractivity contribution in [1.29, 1.82) is 0 Å². The van der Waals surface area contributed by atoms with E-state index in [2.05, 4.69) is 4.98 Å². The summed E-state index contributed by atoms with van der Waals surface area (Å²) in [6.45, 7) is 0. The summed E-state index contributed by atoms with van der Waals surface area (Å²) in [5.74, 6) is -1.12. The van der Waals surface area contributed by atoms with Crippen LogP contribution < -0.4 is 0 Å². The van der Waals surface area contributed by atoms with E-state index in [9.17, 15) is 18.3 Å². The molecule has 2 nitrogen and oxygen atoms in total. The average molecular weight is 213 g/mol. The summed E-state index contributed by atoms with van der Waals surface area (Å²) in [5, 5.41) is 9.51. The maximum Gasteiger partial charge on any atom is 0.280 e. The maximum atomic E-state index is 13.2. The summed E-state index contributed by atoms with van der Waals surface area (Å²) in [7, 11) is 0. The van der Waals surface area contributed by atoms with Gasteiger partial charge in [0.25, 0.3) is 6.43 Å². The van der Waals surface area contributed by atoms with Crippen LogP contribution in [0.4, 0.5) is 13.2 Å². The third-order valence-electron chi connectivity index (χ3n) is 2.01. The summed E-state index contributed by atoms with van der Waals surface area (Å²) in [4.78, 5) is 3.45. The minimum Gasteiger partial charge on any atom is -0.507 e. The molecule has 0 unspecified atom stereocenters. The van der Waals surface area contributed by atoms with Gasteiger partial charge in [-0.2, -0.15) is 0 Å². The van der Waals surface area contributed by atoms with Crippen molar-refractivity contribution >= 4 is 10.9 Å². The van der Waals surface area contributed by atoms with E-state index in [-0.39, 0.29) is 10.9 Å². The number of alkyl halides is 2. The van der Waals surface area contributed by atoms with Crippen molar-refractivity contribution in [3.63, 3.8) is 0 Å². The van der Waals surface area contributed by atoms with E-state index in [0.29, 0.717) is 0 Å². The summed E-state index contributed by atoms with van der Waals surface area (Å²) in [6.07, 6.45) is -2.83. The molecule has 0 aliphatic heterocycles. The fourth-order valence-corrected chi connectivity index (χ4v) is 1.33. The molecule has 0 radical (unpaired) electrons. The lowest BCUT2D eigenvalue weighted by Gasteiger charge is -2.04. The Morgan fingerprint density at radius 2 is 2.00 bits per heavy atom. The second kappa shape index (κ2) is 3.42. The molecule has 0 saturated heterocycles. The minimum atomic E-state index is -2.83. The molecule has 1 aromatic carbocycles. The predicted molar refractivity (Wildman–Crippen MR) is 48.3 cm³/mol. The number of hydrogen-bond donors (Lipinski definition) is 1. The molecule has 2 rings (SSSR count). The van der Waals surface area contributed by atoms with Gasteiger partial charge >= 0.3 is 0 Å². The van der Waals surface area contributed by atoms with Gasteiger partial charge in [0.2, 0.25) is 0 Å². The lowest BCUT2D eigenvalue weighted by Crippen LogP contribution is -1.93. The number of nitrogens with zero attached hydrogens (tertiary/aromatic N) is 1. The van der Waals surface area contributed by atoms with E-state index in [1.165, 1.54) is 12.1 Å². The first kappa shape index (κ1) is 9.76. The van der Waals surface area contributed by atoms with Gasteiger partial charge in [0.1, 0.15) is 22.8 Å². The molecule has 0 spiro atoms. The molecule has 1 N–H and O–H groups in total. The van der Waals surface area contributed by atoms with Gasteiger partial charge in [-0.05, 0) is 12.1 Å². The van der Waals surface area contributed by atoms with Crippen LogP contribution in [0.5, 0.6) is 5.75 Å². The molecule has 15 heavy (non-hydrogen) atoms. The van der Waals surface area contributed by atoms with Crippen molar-refractivity contribution in [3.8, 4) is 5.75 Å². The van der Waals surface area contributed by atoms with E-state index >= 15 is 0 Å². The Morgan fingerprint density at radius 1 is 1.27 bits per heavy atom. The van der Waals surface area contributed by atoms with Crippen LogP contribution in [0, 0.1) is 5.82 Å². The summed E-state index contributed by atoms with van der Waals surface area (Å²) < 4.78 is 37.8. The zero-order valence-corrected chi connectivity index (χ0v) is 7.42. The van der Waals surface area contributed by atoms with Crippen LogP contribution in [0.3, 0.4) is 0 Å². The standard InChI is InChI=1S/C10H6F3NO/c11-6-3-1-2-5-8(15)4-7(10(12)13)14-9(5)6/h1-4,10H,(H,14,15). The van der Waals surface area contributed by atoms with Gasteiger partial charge in [-0.1, -0.05) is 6.07 Å². The Labute approximate surface area is 83.0 Å². The van der Waals surface area contributed by atoms with Gasteiger partial charge in [0, 0.05) is 11.5 Å². The normalized spacial score (nSPS) is 11.2. The van der Waals surface area contributed by atoms with E-state index in [1.54, 1.807) is 0 Å². The summed E-state index contributed by atoms with van der Waals surface area (Å²) >= 11 is 0. The molecular formula is C10H6F3NO. The molecule has 1 heterocycles.